The van der Waals surface area contributed by atoms with Gasteiger partial charge in [-0.25, -0.2) is 9.37 Å². The zero-order chi connectivity index (χ0) is 17.2. The number of thiazole rings is 1. The summed E-state index contributed by atoms with van der Waals surface area (Å²) in [6, 6.07) is 6.68. The number of carbonyl (C=O) groups excluding carboxylic acids is 1. The summed E-state index contributed by atoms with van der Waals surface area (Å²) in [5.41, 5.74) is 1.19. The zero-order valence-corrected chi connectivity index (χ0v) is 14.7. The van der Waals surface area contributed by atoms with Crippen molar-refractivity contribution in [2.24, 2.45) is 0 Å². The molecule has 2 fully saturated rings. The summed E-state index contributed by atoms with van der Waals surface area (Å²) >= 11 is 1.51. The molecule has 1 atom stereocenters. The highest BCUT2D eigenvalue weighted by Gasteiger charge is 2.30. The van der Waals surface area contributed by atoms with Gasteiger partial charge >= 0.3 is 0 Å². The third kappa shape index (κ3) is 3.39. The van der Waals surface area contributed by atoms with Crippen LogP contribution in [0.3, 0.4) is 0 Å². The van der Waals surface area contributed by atoms with Gasteiger partial charge in [0.15, 0.2) is 5.13 Å². The van der Waals surface area contributed by atoms with Gasteiger partial charge in [-0.15, -0.1) is 11.3 Å². The van der Waals surface area contributed by atoms with Crippen molar-refractivity contribution in [3.8, 4) is 11.3 Å². The van der Waals surface area contributed by atoms with Gasteiger partial charge in [-0.3, -0.25) is 4.79 Å². The van der Waals surface area contributed by atoms with Gasteiger partial charge in [0, 0.05) is 43.7 Å². The Hall–Kier alpha value is -1.99. The van der Waals surface area contributed by atoms with Crippen LogP contribution >= 0.6 is 11.3 Å². The molecule has 0 N–H and O–H groups in total. The maximum atomic E-state index is 13.9. The molecule has 0 unspecified atom stereocenters. The molecule has 0 radical (unpaired) electrons. The van der Waals surface area contributed by atoms with Gasteiger partial charge in [0.1, 0.15) is 11.9 Å². The first-order chi connectivity index (χ1) is 12.2. The molecule has 7 heteroatoms. The van der Waals surface area contributed by atoms with E-state index in [0.29, 0.717) is 31.0 Å². The molecule has 0 saturated carbocycles. The highest BCUT2D eigenvalue weighted by atomic mass is 32.1. The molecule has 1 amide bonds. The topological polar surface area (TPSA) is 45.7 Å². The van der Waals surface area contributed by atoms with E-state index in [1.165, 1.54) is 17.4 Å². The number of piperazine rings is 1. The summed E-state index contributed by atoms with van der Waals surface area (Å²) in [5.74, 6) is -0.144. The van der Waals surface area contributed by atoms with Gasteiger partial charge in [0.25, 0.3) is 5.91 Å². The van der Waals surface area contributed by atoms with Crippen molar-refractivity contribution < 1.29 is 13.9 Å². The van der Waals surface area contributed by atoms with E-state index in [4.69, 9.17) is 4.74 Å². The highest BCUT2D eigenvalue weighted by molar-refractivity contribution is 7.14. The Labute approximate surface area is 150 Å². The minimum atomic E-state index is -0.258. The van der Waals surface area contributed by atoms with Crippen molar-refractivity contribution in [1.82, 2.24) is 9.88 Å². The van der Waals surface area contributed by atoms with E-state index in [9.17, 15) is 9.18 Å². The number of rotatable bonds is 3. The molecule has 132 valence electrons. The molecule has 1 aromatic heterocycles. The molecule has 25 heavy (non-hydrogen) atoms. The second-order valence-corrected chi connectivity index (χ2v) is 7.15. The molecule has 4 rings (SSSR count). The van der Waals surface area contributed by atoms with Crippen molar-refractivity contribution in [3.05, 3.63) is 35.5 Å². The number of anilines is 1. The maximum Gasteiger partial charge on any atom is 0.251 e. The number of hydrogen-bond acceptors (Lipinski definition) is 5. The van der Waals surface area contributed by atoms with Crippen LogP contribution < -0.4 is 4.90 Å². The highest BCUT2D eigenvalue weighted by Crippen LogP contribution is 2.29. The molecule has 0 spiro atoms. The van der Waals surface area contributed by atoms with Crippen LogP contribution in [-0.2, 0) is 9.53 Å². The fourth-order valence-electron chi connectivity index (χ4n) is 3.30. The van der Waals surface area contributed by atoms with Crippen molar-refractivity contribution in [3.63, 3.8) is 0 Å². The lowest BCUT2D eigenvalue weighted by atomic mass is 10.2. The molecular weight excluding hydrogens is 341 g/mol. The van der Waals surface area contributed by atoms with Gasteiger partial charge in [0.2, 0.25) is 0 Å². The van der Waals surface area contributed by atoms with Crippen LogP contribution in [0, 0.1) is 5.82 Å². The predicted octanol–water partition coefficient (Wildman–Crippen LogP) is 2.78. The summed E-state index contributed by atoms with van der Waals surface area (Å²) in [6.45, 7) is 3.51. The Balaban J connectivity index is 1.40. The Morgan fingerprint density at radius 1 is 1.24 bits per heavy atom. The SMILES string of the molecule is O=C([C@H]1CCCO1)N1CCN(c2nc(-c3ccccc3F)cs2)CC1. The van der Waals surface area contributed by atoms with Crippen molar-refractivity contribution >= 4 is 22.4 Å². The van der Waals surface area contributed by atoms with Gasteiger partial charge in [-0.1, -0.05) is 12.1 Å². The van der Waals surface area contributed by atoms with Crippen molar-refractivity contribution in [1.29, 1.82) is 0 Å². The molecule has 1 aromatic carbocycles. The first-order valence-electron chi connectivity index (χ1n) is 8.58. The average Bonchev–Trinajstić information content (AvgIpc) is 3.34. The summed E-state index contributed by atoms with van der Waals surface area (Å²) in [5, 5.41) is 2.76. The number of ether oxygens (including phenoxy) is 1. The van der Waals surface area contributed by atoms with Crippen LogP contribution in [0.5, 0.6) is 0 Å². The number of nitrogens with zero attached hydrogens (tertiary/aromatic N) is 3. The van der Waals surface area contributed by atoms with E-state index in [-0.39, 0.29) is 17.8 Å². The van der Waals surface area contributed by atoms with Gasteiger partial charge in [-0.05, 0) is 25.0 Å². The third-order valence-electron chi connectivity index (χ3n) is 4.71. The molecule has 2 saturated heterocycles. The van der Waals surface area contributed by atoms with Crippen LogP contribution in [0.15, 0.2) is 29.6 Å². The number of benzene rings is 1. The van der Waals surface area contributed by atoms with Crippen LogP contribution in [0.2, 0.25) is 0 Å². The van der Waals surface area contributed by atoms with E-state index >= 15 is 0 Å². The quantitative estimate of drug-likeness (QED) is 0.843. The summed E-state index contributed by atoms with van der Waals surface area (Å²) in [4.78, 5) is 21.0. The first kappa shape index (κ1) is 16.5. The Morgan fingerprint density at radius 3 is 2.76 bits per heavy atom. The van der Waals surface area contributed by atoms with Gasteiger partial charge < -0.3 is 14.5 Å². The van der Waals surface area contributed by atoms with Crippen LogP contribution in [-0.4, -0.2) is 54.7 Å². The summed E-state index contributed by atoms with van der Waals surface area (Å²) < 4.78 is 19.4. The number of halogens is 1. The van der Waals surface area contributed by atoms with E-state index < -0.39 is 0 Å². The molecule has 0 aliphatic carbocycles. The fraction of sp³-hybridized carbons (Fsp3) is 0.444. The molecule has 2 aliphatic rings. The molecule has 5 nitrogen and oxygen atoms in total. The Bertz CT molecular complexity index is 752. The fourth-order valence-corrected chi connectivity index (χ4v) is 4.18. The average molecular weight is 361 g/mol. The van der Waals surface area contributed by atoms with E-state index in [1.807, 2.05) is 16.3 Å². The Morgan fingerprint density at radius 2 is 2.04 bits per heavy atom. The van der Waals surface area contributed by atoms with E-state index in [1.54, 1.807) is 12.1 Å². The lowest BCUT2D eigenvalue weighted by Gasteiger charge is -2.35. The normalized spacial score (nSPS) is 20.9. The minimum absolute atomic E-state index is 0.114. The largest absolute Gasteiger partial charge is 0.368 e. The number of hydrogen-bond donors (Lipinski definition) is 0. The lowest BCUT2D eigenvalue weighted by molar-refractivity contribution is -0.141. The standard InChI is InChI=1S/C18H20FN3O2S/c19-14-5-2-1-4-13(14)15-12-25-18(20-15)22-9-7-21(8-10-22)17(23)16-6-3-11-24-16/h1-2,4-5,12,16H,3,6-11H2/t16-/m1/s1. The number of amides is 1. The second-order valence-electron chi connectivity index (χ2n) is 6.31. The van der Waals surface area contributed by atoms with Crippen LogP contribution in [0.4, 0.5) is 9.52 Å². The van der Waals surface area contributed by atoms with Crippen LogP contribution in [0.25, 0.3) is 11.3 Å². The molecule has 0 bridgehead atoms. The third-order valence-corrected chi connectivity index (χ3v) is 5.61. The van der Waals surface area contributed by atoms with E-state index in [2.05, 4.69) is 9.88 Å². The van der Waals surface area contributed by atoms with Crippen molar-refractivity contribution in [2.75, 3.05) is 37.7 Å². The van der Waals surface area contributed by atoms with E-state index in [0.717, 1.165) is 31.1 Å². The molecule has 2 aliphatic heterocycles. The summed E-state index contributed by atoms with van der Waals surface area (Å²) in [7, 11) is 0. The minimum Gasteiger partial charge on any atom is -0.368 e. The Kier molecular flexibility index (Phi) is 4.67. The zero-order valence-electron chi connectivity index (χ0n) is 13.9. The monoisotopic (exact) mass is 361 g/mol. The smallest absolute Gasteiger partial charge is 0.251 e. The number of carbonyl (C=O) groups is 1. The molecule has 2 aromatic rings. The van der Waals surface area contributed by atoms with Gasteiger partial charge in [0.05, 0.1) is 5.69 Å². The summed E-state index contributed by atoms with van der Waals surface area (Å²) in [6.07, 6.45) is 1.55. The molecule has 3 heterocycles. The predicted molar refractivity (Wildman–Crippen MR) is 95.3 cm³/mol. The van der Waals surface area contributed by atoms with Crippen LogP contribution in [0.1, 0.15) is 12.8 Å². The van der Waals surface area contributed by atoms with Crippen molar-refractivity contribution in [2.45, 2.75) is 18.9 Å². The maximum absolute atomic E-state index is 13.9. The first-order valence-corrected chi connectivity index (χ1v) is 9.46. The van der Waals surface area contributed by atoms with Gasteiger partial charge in [-0.2, -0.15) is 0 Å². The second kappa shape index (κ2) is 7.09. The lowest BCUT2D eigenvalue weighted by Crippen LogP contribution is -2.51. The molecular formula is C18H20FN3O2S. The number of aromatic nitrogens is 1.